The summed E-state index contributed by atoms with van der Waals surface area (Å²) < 4.78 is 5.32. The summed E-state index contributed by atoms with van der Waals surface area (Å²) in [4.78, 5) is 31.0. The summed E-state index contributed by atoms with van der Waals surface area (Å²) in [5, 5.41) is 0.827. The summed E-state index contributed by atoms with van der Waals surface area (Å²) in [5.41, 5.74) is 5.66. The van der Waals surface area contributed by atoms with E-state index in [1.165, 1.54) is 11.3 Å². The van der Waals surface area contributed by atoms with Crippen LogP contribution in [0.4, 0.5) is 5.13 Å². The van der Waals surface area contributed by atoms with Gasteiger partial charge in [-0.1, -0.05) is 18.3 Å². The lowest BCUT2D eigenvalue weighted by Crippen LogP contribution is -2.42. The van der Waals surface area contributed by atoms with Crippen molar-refractivity contribution in [1.29, 1.82) is 0 Å². The number of nitrogens with one attached hydrogen (secondary N) is 2. The second-order valence-corrected chi connectivity index (χ2v) is 6.75. The molecule has 2 atom stereocenters. The number of morpholine rings is 1. The zero-order valence-corrected chi connectivity index (χ0v) is 13.5. The van der Waals surface area contributed by atoms with Gasteiger partial charge in [0.15, 0.2) is 5.13 Å². The first-order valence-electron chi connectivity index (χ1n) is 7.46. The number of carbonyl (C=O) groups excluding carboxylic acids is 2. The highest BCUT2D eigenvalue weighted by molar-refractivity contribution is 7.17. The number of thiazole rings is 1. The molecule has 1 saturated carbocycles. The van der Waals surface area contributed by atoms with Gasteiger partial charge in [0.05, 0.1) is 18.9 Å². The number of anilines is 1. The number of nitrogens with zero attached hydrogens (tertiary/aromatic N) is 2. The van der Waals surface area contributed by atoms with Gasteiger partial charge in [-0.25, -0.2) is 4.98 Å². The Morgan fingerprint density at radius 2 is 2.00 bits per heavy atom. The average molecular weight is 324 g/mol. The number of aryl methyl sites for hydroxylation is 1. The molecule has 120 valence electrons. The number of ether oxygens (including phenoxy) is 1. The highest BCUT2D eigenvalue weighted by atomic mass is 32.1. The van der Waals surface area contributed by atoms with Gasteiger partial charge in [0.1, 0.15) is 4.88 Å². The van der Waals surface area contributed by atoms with Crippen LogP contribution in [0.3, 0.4) is 0 Å². The number of hydrogen-bond donors (Lipinski definition) is 2. The molecule has 0 unspecified atom stereocenters. The molecule has 22 heavy (non-hydrogen) atoms. The van der Waals surface area contributed by atoms with Crippen molar-refractivity contribution in [1.82, 2.24) is 15.8 Å². The number of aromatic nitrogens is 1. The number of amides is 2. The van der Waals surface area contributed by atoms with Crippen molar-refractivity contribution in [3.8, 4) is 0 Å². The minimum atomic E-state index is -0.309. The number of hydrazine groups is 1. The summed E-state index contributed by atoms with van der Waals surface area (Å²) in [6.45, 7) is 6.74. The molecule has 3 rings (SSSR count). The Kier molecular flexibility index (Phi) is 4.30. The van der Waals surface area contributed by atoms with Crippen LogP contribution < -0.4 is 15.8 Å². The van der Waals surface area contributed by atoms with Gasteiger partial charge >= 0.3 is 0 Å². The third kappa shape index (κ3) is 3.22. The van der Waals surface area contributed by atoms with Crippen molar-refractivity contribution >= 4 is 28.3 Å². The molecule has 7 nitrogen and oxygen atoms in total. The fraction of sp³-hybridized carbons (Fsp3) is 0.643. The monoisotopic (exact) mass is 324 g/mol. The third-order valence-electron chi connectivity index (χ3n) is 4.02. The Labute approximate surface area is 133 Å². The van der Waals surface area contributed by atoms with Crippen LogP contribution in [0, 0.1) is 18.8 Å². The van der Waals surface area contributed by atoms with Gasteiger partial charge in [-0.2, -0.15) is 0 Å². The molecule has 2 heterocycles. The van der Waals surface area contributed by atoms with Gasteiger partial charge in [-0.3, -0.25) is 20.4 Å². The molecule has 2 aliphatic rings. The first-order chi connectivity index (χ1) is 10.6. The van der Waals surface area contributed by atoms with E-state index in [1.807, 2.05) is 6.92 Å². The highest BCUT2D eigenvalue weighted by Crippen LogP contribution is 2.37. The smallest absolute Gasteiger partial charge is 0.281 e. The predicted molar refractivity (Wildman–Crippen MR) is 82.8 cm³/mol. The molecule has 2 fully saturated rings. The van der Waals surface area contributed by atoms with Gasteiger partial charge in [-0.15, -0.1) is 0 Å². The normalized spacial score (nSPS) is 24.0. The standard InChI is InChI=1S/C14H20N4O3S/c1-8-7-10(8)12(19)16-17-13(20)11-9(2)15-14(22-11)18-3-5-21-6-4-18/h8,10H,3-7H2,1-2H3,(H,16,19)(H,17,20)/t8-,10-/m0/s1. The minimum absolute atomic E-state index is 0.0340. The van der Waals surface area contributed by atoms with Crippen LogP contribution in [0.25, 0.3) is 0 Å². The SMILES string of the molecule is Cc1nc(N2CCOCC2)sc1C(=O)NNC(=O)[C@H]1C[C@@H]1C. The Bertz CT molecular complexity index is 583. The predicted octanol–water partition coefficient (Wildman–Crippen LogP) is 0.705. The second-order valence-electron chi connectivity index (χ2n) is 5.77. The van der Waals surface area contributed by atoms with Crippen molar-refractivity contribution in [2.75, 3.05) is 31.2 Å². The van der Waals surface area contributed by atoms with Crippen LogP contribution in [0.2, 0.25) is 0 Å². The number of carbonyl (C=O) groups is 2. The molecule has 0 bridgehead atoms. The molecular formula is C14H20N4O3S. The van der Waals surface area contributed by atoms with Crippen molar-refractivity contribution in [2.45, 2.75) is 20.3 Å². The maximum atomic E-state index is 12.2. The largest absolute Gasteiger partial charge is 0.378 e. The van der Waals surface area contributed by atoms with Gasteiger partial charge in [0, 0.05) is 19.0 Å². The molecule has 0 spiro atoms. The maximum Gasteiger partial charge on any atom is 0.281 e. The molecule has 1 aliphatic carbocycles. The van der Waals surface area contributed by atoms with Gasteiger partial charge in [-0.05, 0) is 19.3 Å². The lowest BCUT2D eigenvalue weighted by atomic mass is 10.3. The van der Waals surface area contributed by atoms with Gasteiger partial charge in [0.25, 0.3) is 5.91 Å². The average Bonchev–Trinajstić information content (AvgIpc) is 3.13. The molecule has 8 heteroatoms. The second kappa shape index (κ2) is 6.21. The molecule has 0 aromatic carbocycles. The Balaban J connectivity index is 1.59. The summed E-state index contributed by atoms with van der Waals surface area (Å²) >= 11 is 1.35. The molecule has 0 radical (unpaired) electrons. The van der Waals surface area contributed by atoms with E-state index in [-0.39, 0.29) is 17.7 Å². The number of rotatable bonds is 3. The Morgan fingerprint density at radius 1 is 1.32 bits per heavy atom. The van der Waals surface area contributed by atoms with Crippen molar-refractivity contribution in [3.05, 3.63) is 10.6 Å². The van der Waals surface area contributed by atoms with Crippen LogP contribution in [-0.2, 0) is 9.53 Å². The van der Waals surface area contributed by atoms with E-state index < -0.39 is 0 Å². The molecule has 1 aliphatic heterocycles. The Morgan fingerprint density at radius 3 is 2.64 bits per heavy atom. The lowest BCUT2D eigenvalue weighted by molar-refractivity contribution is -0.123. The fourth-order valence-electron chi connectivity index (χ4n) is 2.44. The molecule has 1 aromatic heterocycles. The summed E-state index contributed by atoms with van der Waals surface area (Å²) in [7, 11) is 0. The first-order valence-corrected chi connectivity index (χ1v) is 8.28. The molecule has 1 aromatic rings. The summed E-state index contributed by atoms with van der Waals surface area (Å²) in [6, 6.07) is 0. The number of hydrogen-bond acceptors (Lipinski definition) is 6. The Hall–Kier alpha value is -1.67. The first kappa shape index (κ1) is 15.2. The summed E-state index contributed by atoms with van der Waals surface area (Å²) in [5.74, 6) is 0.0225. The van der Waals surface area contributed by atoms with Crippen LogP contribution >= 0.6 is 11.3 Å². The zero-order chi connectivity index (χ0) is 15.7. The summed E-state index contributed by atoms with van der Waals surface area (Å²) in [6.07, 6.45) is 0.891. The maximum absolute atomic E-state index is 12.2. The van der Waals surface area contributed by atoms with E-state index in [2.05, 4.69) is 20.7 Å². The highest BCUT2D eigenvalue weighted by Gasteiger charge is 2.39. The molecule has 2 amide bonds. The van der Waals surface area contributed by atoms with E-state index in [0.717, 1.165) is 24.6 Å². The van der Waals surface area contributed by atoms with E-state index in [0.29, 0.717) is 29.7 Å². The molecule has 2 N–H and O–H groups in total. The zero-order valence-electron chi connectivity index (χ0n) is 12.7. The minimum Gasteiger partial charge on any atom is -0.378 e. The molecular weight excluding hydrogens is 304 g/mol. The van der Waals surface area contributed by atoms with Crippen LogP contribution in [0.1, 0.15) is 28.7 Å². The topological polar surface area (TPSA) is 83.6 Å². The molecule has 1 saturated heterocycles. The van der Waals surface area contributed by atoms with Crippen molar-refractivity contribution < 1.29 is 14.3 Å². The van der Waals surface area contributed by atoms with Crippen molar-refractivity contribution in [3.63, 3.8) is 0 Å². The van der Waals surface area contributed by atoms with Crippen molar-refractivity contribution in [2.24, 2.45) is 11.8 Å². The third-order valence-corrected chi connectivity index (χ3v) is 5.24. The fourth-order valence-corrected chi connectivity index (χ4v) is 3.45. The van der Waals surface area contributed by atoms with Crippen LogP contribution in [-0.4, -0.2) is 43.1 Å². The quantitative estimate of drug-likeness (QED) is 0.800. The van der Waals surface area contributed by atoms with Crippen LogP contribution in [0.5, 0.6) is 0 Å². The van der Waals surface area contributed by atoms with Gasteiger partial charge < -0.3 is 9.64 Å². The van der Waals surface area contributed by atoms with E-state index in [1.54, 1.807) is 6.92 Å². The van der Waals surface area contributed by atoms with E-state index >= 15 is 0 Å². The van der Waals surface area contributed by atoms with Gasteiger partial charge in [0.2, 0.25) is 5.91 Å². The van der Waals surface area contributed by atoms with Crippen LogP contribution in [0.15, 0.2) is 0 Å². The van der Waals surface area contributed by atoms with E-state index in [4.69, 9.17) is 4.74 Å². The lowest BCUT2D eigenvalue weighted by Gasteiger charge is -2.25. The van der Waals surface area contributed by atoms with E-state index in [9.17, 15) is 9.59 Å².